The smallest absolute Gasteiger partial charge is 0.256 e. The Kier molecular flexibility index (Phi) is 2.51. The largest absolute Gasteiger partial charge is 0.497 e. The summed E-state index contributed by atoms with van der Waals surface area (Å²) in [6.07, 6.45) is 0. The molecule has 0 aliphatic rings. The number of aromatic nitrogens is 1. The fourth-order valence-electron chi connectivity index (χ4n) is 1.44. The normalized spacial score (nSPS) is 9.87. The van der Waals surface area contributed by atoms with Crippen LogP contribution in [0.4, 0.5) is 0 Å². The third-order valence-electron chi connectivity index (χ3n) is 2.20. The number of benzene rings is 1. The van der Waals surface area contributed by atoms with Gasteiger partial charge < -0.3 is 9.58 Å². The van der Waals surface area contributed by atoms with E-state index in [2.05, 4.69) is 9.83 Å². The Bertz CT molecular complexity index is 529. The van der Waals surface area contributed by atoms with Crippen LogP contribution >= 0.6 is 0 Å². The van der Waals surface area contributed by atoms with Gasteiger partial charge in [-0.05, 0) is 24.3 Å². The Labute approximate surface area is 88.1 Å². The molecule has 0 aliphatic heterocycles. The van der Waals surface area contributed by atoms with Crippen molar-refractivity contribution in [2.24, 2.45) is 0 Å². The molecule has 2 aromatic rings. The molecule has 0 amide bonds. The highest BCUT2D eigenvalue weighted by atomic mass is 16.5. The maximum atomic E-state index is 6.78. The standard InChI is InChI=1S/C12H10N2O/c1-13-8-10-4-3-9-7-11(15-2)5-6-12(9)14-10/h3-7H,8H2,2H3. The molecule has 3 heteroatoms. The van der Waals surface area contributed by atoms with Crippen molar-refractivity contribution in [3.63, 3.8) is 0 Å². The molecule has 1 aromatic carbocycles. The summed E-state index contributed by atoms with van der Waals surface area (Å²) in [6.45, 7) is 7.11. The summed E-state index contributed by atoms with van der Waals surface area (Å²) >= 11 is 0. The summed E-state index contributed by atoms with van der Waals surface area (Å²) in [5.74, 6) is 0.822. The molecule has 0 atom stereocenters. The number of ether oxygens (including phenoxy) is 1. The van der Waals surface area contributed by atoms with Gasteiger partial charge in [0.2, 0.25) is 0 Å². The van der Waals surface area contributed by atoms with E-state index in [0.29, 0.717) is 6.54 Å². The van der Waals surface area contributed by atoms with E-state index in [-0.39, 0.29) is 0 Å². The van der Waals surface area contributed by atoms with Crippen molar-refractivity contribution in [3.05, 3.63) is 47.4 Å². The number of fused-ring (bicyclic) bond motifs is 1. The highest BCUT2D eigenvalue weighted by Gasteiger charge is 2.01. The highest BCUT2D eigenvalue weighted by molar-refractivity contribution is 5.80. The second kappa shape index (κ2) is 3.97. The molecule has 0 aliphatic carbocycles. The SMILES string of the molecule is [C-]#[N+]Cc1ccc2cc(OC)ccc2n1. The third kappa shape index (κ3) is 1.89. The summed E-state index contributed by atoms with van der Waals surface area (Å²) in [4.78, 5) is 7.68. The zero-order valence-electron chi connectivity index (χ0n) is 8.40. The number of nitrogens with zero attached hydrogens (tertiary/aromatic N) is 2. The molecule has 2 rings (SSSR count). The van der Waals surface area contributed by atoms with Crippen LogP contribution in [0.15, 0.2) is 30.3 Å². The first-order chi connectivity index (χ1) is 7.33. The van der Waals surface area contributed by atoms with Gasteiger partial charge in [0.1, 0.15) is 11.4 Å². The van der Waals surface area contributed by atoms with E-state index in [1.807, 2.05) is 30.3 Å². The second-order valence-electron chi connectivity index (χ2n) is 3.18. The van der Waals surface area contributed by atoms with Gasteiger partial charge >= 0.3 is 0 Å². The van der Waals surface area contributed by atoms with Gasteiger partial charge in [-0.2, -0.15) is 0 Å². The fraction of sp³-hybridized carbons (Fsp3) is 0.167. The maximum Gasteiger partial charge on any atom is 0.256 e. The third-order valence-corrected chi connectivity index (χ3v) is 2.20. The molecule has 74 valence electrons. The Morgan fingerprint density at radius 1 is 1.33 bits per heavy atom. The van der Waals surface area contributed by atoms with Gasteiger partial charge in [-0.3, -0.25) is 0 Å². The van der Waals surface area contributed by atoms with Crippen molar-refractivity contribution >= 4 is 10.9 Å². The summed E-state index contributed by atoms with van der Waals surface area (Å²) in [5.41, 5.74) is 1.71. The first kappa shape index (κ1) is 9.47. The van der Waals surface area contributed by atoms with E-state index in [9.17, 15) is 0 Å². The van der Waals surface area contributed by atoms with Crippen molar-refractivity contribution in [2.45, 2.75) is 6.54 Å². The molecule has 3 nitrogen and oxygen atoms in total. The molecule has 0 bridgehead atoms. The van der Waals surface area contributed by atoms with Crippen molar-refractivity contribution < 1.29 is 4.74 Å². The van der Waals surface area contributed by atoms with Crippen LogP contribution in [0.5, 0.6) is 5.75 Å². The van der Waals surface area contributed by atoms with Crippen LogP contribution in [-0.4, -0.2) is 12.1 Å². The zero-order chi connectivity index (χ0) is 10.7. The van der Waals surface area contributed by atoms with Gasteiger partial charge in [-0.25, -0.2) is 11.6 Å². The molecule has 0 fully saturated rings. The van der Waals surface area contributed by atoms with Gasteiger partial charge in [0.05, 0.1) is 12.6 Å². The number of hydrogen-bond donors (Lipinski definition) is 0. The number of rotatable bonds is 2. The van der Waals surface area contributed by atoms with Crippen molar-refractivity contribution in [3.8, 4) is 5.75 Å². The van der Waals surface area contributed by atoms with Crippen LogP contribution in [0.2, 0.25) is 0 Å². The molecule has 0 radical (unpaired) electrons. The van der Waals surface area contributed by atoms with E-state index in [4.69, 9.17) is 11.3 Å². The lowest BCUT2D eigenvalue weighted by Crippen LogP contribution is -1.88. The van der Waals surface area contributed by atoms with Crippen LogP contribution in [-0.2, 0) is 6.54 Å². The van der Waals surface area contributed by atoms with Crippen LogP contribution in [0.1, 0.15) is 5.69 Å². The van der Waals surface area contributed by atoms with Crippen LogP contribution in [0.3, 0.4) is 0 Å². The lowest BCUT2D eigenvalue weighted by molar-refractivity contribution is 0.415. The molecule has 0 unspecified atom stereocenters. The van der Waals surface area contributed by atoms with Gasteiger partial charge in [0.15, 0.2) is 0 Å². The summed E-state index contributed by atoms with van der Waals surface area (Å²) in [5, 5.41) is 1.03. The average Bonchev–Trinajstić information content (AvgIpc) is 2.29. The number of pyridine rings is 1. The molecule has 0 saturated heterocycles. The van der Waals surface area contributed by atoms with Gasteiger partial charge in [-0.15, -0.1) is 0 Å². The number of methoxy groups -OCH3 is 1. The minimum Gasteiger partial charge on any atom is -0.497 e. The van der Waals surface area contributed by atoms with Crippen LogP contribution in [0.25, 0.3) is 15.7 Å². The Balaban J connectivity index is 2.51. The van der Waals surface area contributed by atoms with Gasteiger partial charge in [-0.1, -0.05) is 6.07 Å². The van der Waals surface area contributed by atoms with Crippen LogP contribution < -0.4 is 4.74 Å². The topological polar surface area (TPSA) is 26.5 Å². The van der Waals surface area contributed by atoms with Crippen molar-refractivity contribution in [1.29, 1.82) is 0 Å². The fourth-order valence-corrected chi connectivity index (χ4v) is 1.44. The molecule has 0 spiro atoms. The van der Waals surface area contributed by atoms with Gasteiger partial charge in [0, 0.05) is 5.39 Å². The Morgan fingerprint density at radius 2 is 2.20 bits per heavy atom. The second-order valence-corrected chi connectivity index (χ2v) is 3.18. The Morgan fingerprint density at radius 3 is 2.93 bits per heavy atom. The minimum absolute atomic E-state index is 0.335. The Hall–Kier alpha value is -2.08. The molecular weight excluding hydrogens is 188 g/mol. The van der Waals surface area contributed by atoms with E-state index in [0.717, 1.165) is 22.3 Å². The minimum atomic E-state index is 0.335. The molecular formula is C12H10N2O. The maximum absolute atomic E-state index is 6.78. The first-order valence-corrected chi connectivity index (χ1v) is 4.60. The molecule has 0 N–H and O–H groups in total. The molecule has 1 aromatic heterocycles. The summed E-state index contributed by atoms with van der Waals surface area (Å²) in [7, 11) is 1.64. The average molecular weight is 198 g/mol. The molecule has 1 heterocycles. The summed E-state index contributed by atoms with van der Waals surface area (Å²) < 4.78 is 5.12. The van der Waals surface area contributed by atoms with Crippen molar-refractivity contribution in [2.75, 3.05) is 7.11 Å². The van der Waals surface area contributed by atoms with E-state index < -0.39 is 0 Å². The monoisotopic (exact) mass is 198 g/mol. The predicted octanol–water partition coefficient (Wildman–Crippen LogP) is 2.66. The highest BCUT2D eigenvalue weighted by Crippen LogP contribution is 2.19. The number of hydrogen-bond acceptors (Lipinski definition) is 2. The summed E-state index contributed by atoms with van der Waals surface area (Å²) in [6, 6.07) is 9.55. The predicted molar refractivity (Wildman–Crippen MR) is 58.6 cm³/mol. The van der Waals surface area contributed by atoms with E-state index >= 15 is 0 Å². The zero-order valence-corrected chi connectivity index (χ0v) is 8.40. The van der Waals surface area contributed by atoms with Crippen molar-refractivity contribution in [1.82, 2.24) is 4.98 Å². The van der Waals surface area contributed by atoms with Crippen LogP contribution in [0, 0.1) is 6.57 Å². The quantitative estimate of drug-likeness (QED) is 0.693. The van der Waals surface area contributed by atoms with E-state index in [1.165, 1.54) is 0 Å². The lowest BCUT2D eigenvalue weighted by Gasteiger charge is -2.02. The van der Waals surface area contributed by atoms with Gasteiger partial charge in [0.25, 0.3) is 6.54 Å². The molecule has 15 heavy (non-hydrogen) atoms. The lowest BCUT2D eigenvalue weighted by atomic mass is 10.2. The van der Waals surface area contributed by atoms with E-state index in [1.54, 1.807) is 7.11 Å². The molecule has 0 saturated carbocycles. The first-order valence-electron chi connectivity index (χ1n) is 4.60.